The van der Waals surface area contributed by atoms with Crippen LogP contribution in [0.3, 0.4) is 0 Å². The molecule has 0 saturated heterocycles. The lowest BCUT2D eigenvalue weighted by molar-refractivity contribution is 0.0936. The molecule has 1 aromatic heterocycles. The molecule has 6 heteroatoms. The van der Waals surface area contributed by atoms with Gasteiger partial charge in [0, 0.05) is 28.2 Å². The third-order valence-corrected chi connectivity index (χ3v) is 3.96. The van der Waals surface area contributed by atoms with E-state index in [-0.39, 0.29) is 11.9 Å². The Labute approximate surface area is 118 Å². The Kier molecular flexibility index (Phi) is 4.81. The topological polar surface area (TPSA) is 59.1 Å². The van der Waals surface area contributed by atoms with Crippen molar-refractivity contribution in [3.8, 4) is 0 Å². The first kappa shape index (κ1) is 13.9. The second-order valence-electron chi connectivity index (χ2n) is 4.05. The number of carbonyl (C=O) groups excluding carboxylic acids is 1. The zero-order valence-electron chi connectivity index (χ0n) is 10.4. The number of rotatable bonds is 5. The Morgan fingerprint density at radius 2 is 2.16 bits per heavy atom. The van der Waals surface area contributed by atoms with Crippen molar-refractivity contribution in [3.63, 3.8) is 0 Å². The van der Waals surface area contributed by atoms with Crippen molar-refractivity contribution < 1.29 is 9.00 Å². The average molecular weight is 294 g/mol. The Bertz CT molecular complexity index is 555. The number of aromatic nitrogens is 1. The van der Waals surface area contributed by atoms with E-state index >= 15 is 0 Å². The zero-order valence-corrected chi connectivity index (χ0v) is 12.0. The van der Waals surface area contributed by atoms with Gasteiger partial charge in [0.05, 0.1) is 11.6 Å². The zero-order chi connectivity index (χ0) is 13.7. The molecule has 0 bridgehead atoms. The van der Waals surface area contributed by atoms with Gasteiger partial charge < -0.3 is 5.32 Å². The van der Waals surface area contributed by atoms with E-state index in [1.807, 2.05) is 30.3 Å². The highest BCUT2D eigenvalue weighted by molar-refractivity contribution is 7.84. The van der Waals surface area contributed by atoms with Crippen molar-refractivity contribution in [2.45, 2.75) is 6.04 Å². The standard InChI is InChI=1S/C13H14N2O2S2/c1-19(17)8-12(10-5-3-2-4-6-10)15-13(16)11-7-18-9-14-11/h2-7,9,12H,8H2,1H3,(H,15,16)/t12-,19-/m1/s1. The predicted molar refractivity (Wildman–Crippen MR) is 77.7 cm³/mol. The summed E-state index contributed by atoms with van der Waals surface area (Å²) in [6.45, 7) is 0. The molecule has 0 saturated carbocycles. The van der Waals surface area contributed by atoms with Crippen LogP contribution in [0.2, 0.25) is 0 Å². The van der Waals surface area contributed by atoms with Crippen LogP contribution >= 0.6 is 11.3 Å². The van der Waals surface area contributed by atoms with E-state index in [0.717, 1.165) is 5.56 Å². The molecule has 0 unspecified atom stereocenters. The van der Waals surface area contributed by atoms with E-state index in [1.165, 1.54) is 11.3 Å². The van der Waals surface area contributed by atoms with Gasteiger partial charge in [0.2, 0.25) is 0 Å². The summed E-state index contributed by atoms with van der Waals surface area (Å²) in [7, 11) is -0.992. The normalized spacial score (nSPS) is 13.7. The van der Waals surface area contributed by atoms with Crippen molar-refractivity contribution in [2.24, 2.45) is 0 Å². The van der Waals surface area contributed by atoms with Crippen LogP contribution < -0.4 is 5.32 Å². The lowest BCUT2D eigenvalue weighted by Gasteiger charge is -2.17. The first-order valence-electron chi connectivity index (χ1n) is 5.71. The summed E-state index contributed by atoms with van der Waals surface area (Å²) in [6, 6.07) is 9.27. The number of carbonyl (C=O) groups is 1. The highest BCUT2D eigenvalue weighted by Crippen LogP contribution is 2.14. The van der Waals surface area contributed by atoms with Gasteiger partial charge in [-0.3, -0.25) is 9.00 Å². The van der Waals surface area contributed by atoms with Crippen molar-refractivity contribution in [3.05, 3.63) is 52.5 Å². The van der Waals surface area contributed by atoms with Gasteiger partial charge in [-0.25, -0.2) is 4.98 Å². The number of benzene rings is 1. The minimum Gasteiger partial charge on any atom is -0.343 e. The third-order valence-electron chi connectivity index (χ3n) is 2.57. The minimum atomic E-state index is -0.992. The Balaban J connectivity index is 2.15. The molecule has 0 aliphatic rings. The fraction of sp³-hybridized carbons (Fsp3) is 0.231. The summed E-state index contributed by atoms with van der Waals surface area (Å²) < 4.78 is 11.4. The maximum absolute atomic E-state index is 12.0. The molecule has 0 spiro atoms. The van der Waals surface area contributed by atoms with E-state index in [9.17, 15) is 9.00 Å². The summed E-state index contributed by atoms with van der Waals surface area (Å²) >= 11 is 1.37. The van der Waals surface area contributed by atoms with Crippen LogP contribution in [0, 0.1) is 0 Å². The Morgan fingerprint density at radius 3 is 2.74 bits per heavy atom. The van der Waals surface area contributed by atoms with E-state index in [1.54, 1.807) is 17.1 Å². The van der Waals surface area contributed by atoms with Crippen molar-refractivity contribution >= 4 is 28.0 Å². The van der Waals surface area contributed by atoms with Crippen molar-refractivity contribution in [1.82, 2.24) is 10.3 Å². The van der Waals surface area contributed by atoms with Crippen LogP contribution in [-0.4, -0.2) is 27.1 Å². The second-order valence-corrected chi connectivity index (χ2v) is 6.25. The number of nitrogens with one attached hydrogen (secondary N) is 1. The SMILES string of the molecule is C[S@@](=O)C[C@@H](NC(=O)c1cscn1)c1ccccc1. The van der Waals surface area contributed by atoms with Crippen molar-refractivity contribution in [2.75, 3.05) is 12.0 Å². The molecular formula is C13H14N2O2S2. The maximum atomic E-state index is 12.0. The van der Waals surface area contributed by atoms with Crippen LogP contribution in [0.1, 0.15) is 22.1 Å². The first-order valence-corrected chi connectivity index (χ1v) is 8.38. The predicted octanol–water partition coefficient (Wildman–Crippen LogP) is 1.99. The number of nitrogens with zero attached hydrogens (tertiary/aromatic N) is 1. The smallest absolute Gasteiger partial charge is 0.271 e. The van der Waals surface area contributed by atoms with Crippen molar-refractivity contribution in [1.29, 1.82) is 0 Å². The molecule has 1 heterocycles. The van der Waals surface area contributed by atoms with Gasteiger partial charge >= 0.3 is 0 Å². The molecule has 0 fully saturated rings. The average Bonchev–Trinajstić information content (AvgIpc) is 2.92. The summed E-state index contributed by atoms with van der Waals surface area (Å²) in [5, 5.41) is 4.57. The van der Waals surface area contributed by atoms with Gasteiger partial charge in [0.15, 0.2) is 0 Å². The molecule has 4 nitrogen and oxygen atoms in total. The maximum Gasteiger partial charge on any atom is 0.271 e. The lowest BCUT2D eigenvalue weighted by Crippen LogP contribution is -2.32. The molecule has 0 aliphatic carbocycles. The summed E-state index contributed by atoms with van der Waals surface area (Å²) in [5.74, 6) is 0.153. The third kappa shape index (κ3) is 3.97. The number of thiazole rings is 1. The summed E-state index contributed by atoms with van der Waals surface area (Å²) in [5.41, 5.74) is 2.96. The van der Waals surface area contributed by atoms with Crippen LogP contribution in [-0.2, 0) is 10.8 Å². The van der Waals surface area contributed by atoms with E-state index in [0.29, 0.717) is 11.4 Å². The molecular weight excluding hydrogens is 280 g/mol. The highest BCUT2D eigenvalue weighted by Gasteiger charge is 2.17. The molecule has 1 amide bonds. The van der Waals surface area contributed by atoms with Crippen LogP contribution in [0.15, 0.2) is 41.2 Å². The molecule has 19 heavy (non-hydrogen) atoms. The molecule has 1 N–H and O–H groups in total. The van der Waals surface area contributed by atoms with E-state index in [2.05, 4.69) is 10.3 Å². The summed E-state index contributed by atoms with van der Waals surface area (Å²) in [4.78, 5) is 16.0. The molecule has 2 atom stereocenters. The largest absolute Gasteiger partial charge is 0.343 e. The quantitative estimate of drug-likeness (QED) is 0.917. The number of hydrogen-bond donors (Lipinski definition) is 1. The Morgan fingerprint density at radius 1 is 1.42 bits per heavy atom. The molecule has 1 aromatic carbocycles. The van der Waals surface area contributed by atoms with Gasteiger partial charge in [-0.1, -0.05) is 30.3 Å². The van der Waals surface area contributed by atoms with Crippen LogP contribution in [0.25, 0.3) is 0 Å². The van der Waals surface area contributed by atoms with Gasteiger partial charge in [-0.05, 0) is 5.56 Å². The molecule has 2 aromatic rings. The van der Waals surface area contributed by atoms with E-state index in [4.69, 9.17) is 0 Å². The fourth-order valence-corrected chi connectivity index (χ4v) is 2.98. The van der Waals surface area contributed by atoms with Gasteiger partial charge in [-0.2, -0.15) is 0 Å². The minimum absolute atomic E-state index is 0.236. The lowest BCUT2D eigenvalue weighted by atomic mass is 10.1. The molecule has 0 radical (unpaired) electrons. The second kappa shape index (κ2) is 6.58. The first-order chi connectivity index (χ1) is 9.16. The fourth-order valence-electron chi connectivity index (χ4n) is 1.70. The summed E-state index contributed by atoms with van der Waals surface area (Å²) in [6.07, 6.45) is 1.63. The monoisotopic (exact) mass is 294 g/mol. The highest BCUT2D eigenvalue weighted by atomic mass is 32.2. The van der Waals surface area contributed by atoms with Gasteiger partial charge in [0.1, 0.15) is 5.69 Å². The van der Waals surface area contributed by atoms with E-state index < -0.39 is 10.8 Å². The number of amides is 1. The molecule has 100 valence electrons. The molecule has 0 aliphatic heterocycles. The van der Waals surface area contributed by atoms with Gasteiger partial charge in [0.25, 0.3) is 5.91 Å². The number of hydrogen-bond acceptors (Lipinski definition) is 4. The van der Waals surface area contributed by atoms with Crippen LogP contribution in [0.5, 0.6) is 0 Å². The van der Waals surface area contributed by atoms with Gasteiger partial charge in [-0.15, -0.1) is 11.3 Å². The van der Waals surface area contributed by atoms with Crippen LogP contribution in [0.4, 0.5) is 0 Å². The Hall–Kier alpha value is -1.53. The molecule has 2 rings (SSSR count).